The fourth-order valence-electron chi connectivity index (χ4n) is 1.65. The monoisotopic (exact) mass is 258 g/mol. The molecule has 4 nitrogen and oxygen atoms in total. The highest BCUT2D eigenvalue weighted by molar-refractivity contribution is 7.89. The van der Waals surface area contributed by atoms with Gasteiger partial charge in [-0.1, -0.05) is 0 Å². The summed E-state index contributed by atoms with van der Waals surface area (Å²) >= 11 is 0. The fraction of sp³-hybridized carbons (Fsp3) is 0.455. The molecule has 0 aromatic heterocycles. The molecule has 0 heterocycles. The minimum Gasteiger partial charge on any atom is -0.310 e. The van der Waals surface area contributed by atoms with Crippen LogP contribution in [0.2, 0.25) is 0 Å². The summed E-state index contributed by atoms with van der Waals surface area (Å²) in [6.45, 7) is 1.87. The van der Waals surface area contributed by atoms with Gasteiger partial charge in [-0.25, -0.2) is 17.9 Å². The summed E-state index contributed by atoms with van der Waals surface area (Å²) in [5, 5.41) is 8.24. The van der Waals surface area contributed by atoms with Crippen molar-refractivity contribution in [3.8, 4) is 0 Å². The third-order valence-electron chi connectivity index (χ3n) is 2.84. The maximum absolute atomic E-state index is 13.6. The first-order valence-corrected chi connectivity index (χ1v) is 6.98. The lowest BCUT2D eigenvalue weighted by Gasteiger charge is -2.09. The summed E-state index contributed by atoms with van der Waals surface area (Å²) in [6.07, 6.45) is 2.24. The molecule has 6 heteroatoms. The van der Waals surface area contributed by atoms with Crippen molar-refractivity contribution in [2.75, 3.05) is 0 Å². The number of nitrogens with two attached hydrogens (primary N) is 1. The van der Waals surface area contributed by atoms with Gasteiger partial charge in [0.1, 0.15) is 5.82 Å². The van der Waals surface area contributed by atoms with Gasteiger partial charge in [0.25, 0.3) is 0 Å². The molecule has 0 saturated heterocycles. The highest BCUT2D eigenvalue weighted by atomic mass is 32.2. The standard InChI is InChI=1S/C11H15FN2O2S/c1-7-10(12)4-8(6-14-9-2-3-9)5-11(7)17(13,15)16/h4-5,9,14H,2-3,6H2,1H3,(H2,13,15,16). The quantitative estimate of drug-likeness (QED) is 0.847. The molecule has 1 aromatic carbocycles. The second-order valence-corrected chi connectivity index (χ2v) is 5.93. The molecule has 0 radical (unpaired) electrons. The van der Waals surface area contributed by atoms with Gasteiger partial charge in [-0.15, -0.1) is 0 Å². The summed E-state index contributed by atoms with van der Waals surface area (Å²) in [4.78, 5) is -0.134. The number of hydrogen-bond donors (Lipinski definition) is 2. The van der Waals surface area contributed by atoms with Crippen LogP contribution in [0.3, 0.4) is 0 Å². The van der Waals surface area contributed by atoms with Gasteiger partial charge < -0.3 is 5.32 Å². The molecular formula is C11H15FN2O2S. The highest BCUT2D eigenvalue weighted by Gasteiger charge is 2.21. The van der Waals surface area contributed by atoms with E-state index in [0.29, 0.717) is 18.2 Å². The molecule has 0 bridgehead atoms. The first kappa shape index (κ1) is 12.5. The van der Waals surface area contributed by atoms with E-state index in [2.05, 4.69) is 5.32 Å². The van der Waals surface area contributed by atoms with Gasteiger partial charge in [-0.2, -0.15) is 0 Å². The van der Waals surface area contributed by atoms with Gasteiger partial charge in [-0.3, -0.25) is 0 Å². The maximum Gasteiger partial charge on any atom is 0.238 e. The molecule has 94 valence electrons. The first-order valence-electron chi connectivity index (χ1n) is 5.43. The van der Waals surface area contributed by atoms with Gasteiger partial charge in [0.2, 0.25) is 10.0 Å². The van der Waals surface area contributed by atoms with E-state index in [0.717, 1.165) is 12.8 Å². The number of hydrogen-bond acceptors (Lipinski definition) is 3. The fourth-order valence-corrected chi connectivity index (χ4v) is 2.49. The minimum atomic E-state index is -3.87. The summed E-state index contributed by atoms with van der Waals surface area (Å²) in [5.41, 5.74) is 0.673. The summed E-state index contributed by atoms with van der Waals surface area (Å²) < 4.78 is 36.2. The molecule has 0 atom stereocenters. The predicted octanol–water partition coefficient (Wildman–Crippen LogP) is 1.03. The SMILES string of the molecule is Cc1c(F)cc(CNC2CC2)cc1S(N)(=O)=O. The lowest BCUT2D eigenvalue weighted by molar-refractivity contribution is 0.584. The molecule has 0 unspecified atom stereocenters. The smallest absolute Gasteiger partial charge is 0.238 e. The zero-order chi connectivity index (χ0) is 12.6. The molecule has 1 saturated carbocycles. The van der Waals surface area contributed by atoms with Gasteiger partial charge in [0.15, 0.2) is 0 Å². The van der Waals surface area contributed by atoms with E-state index in [9.17, 15) is 12.8 Å². The number of nitrogens with one attached hydrogen (secondary N) is 1. The van der Waals surface area contributed by atoms with E-state index in [4.69, 9.17) is 5.14 Å². The van der Waals surface area contributed by atoms with Crippen LogP contribution in [0.15, 0.2) is 17.0 Å². The number of halogens is 1. The second kappa shape index (κ2) is 4.36. The van der Waals surface area contributed by atoms with E-state index in [1.807, 2.05) is 0 Å². The van der Waals surface area contributed by atoms with Crippen molar-refractivity contribution >= 4 is 10.0 Å². The molecular weight excluding hydrogens is 243 g/mol. The number of primary sulfonamides is 1. The van der Waals surface area contributed by atoms with Crippen molar-refractivity contribution in [2.24, 2.45) is 5.14 Å². The predicted molar refractivity (Wildman–Crippen MR) is 62.4 cm³/mol. The van der Waals surface area contributed by atoms with Crippen molar-refractivity contribution in [1.82, 2.24) is 5.32 Å². The van der Waals surface area contributed by atoms with Crippen molar-refractivity contribution in [1.29, 1.82) is 0 Å². The van der Waals surface area contributed by atoms with Crippen molar-refractivity contribution in [2.45, 2.75) is 37.2 Å². The molecule has 3 N–H and O–H groups in total. The molecule has 0 amide bonds. The van der Waals surface area contributed by atoms with E-state index < -0.39 is 15.8 Å². The minimum absolute atomic E-state index is 0.0719. The number of rotatable bonds is 4. The van der Waals surface area contributed by atoms with Crippen LogP contribution in [0.4, 0.5) is 4.39 Å². The first-order chi connectivity index (χ1) is 7.88. The normalized spacial score (nSPS) is 16.2. The number of benzene rings is 1. The molecule has 0 aliphatic heterocycles. The van der Waals surface area contributed by atoms with Crippen LogP contribution in [-0.4, -0.2) is 14.5 Å². The average molecular weight is 258 g/mol. The Hall–Kier alpha value is -0.980. The number of sulfonamides is 1. The summed E-state index contributed by atoms with van der Waals surface area (Å²) in [6, 6.07) is 3.26. The Balaban J connectivity index is 2.31. The highest BCUT2D eigenvalue weighted by Crippen LogP contribution is 2.22. The van der Waals surface area contributed by atoms with Crippen LogP contribution in [0.25, 0.3) is 0 Å². The Morgan fingerprint density at radius 3 is 2.65 bits per heavy atom. The Bertz CT molecular complexity index is 539. The van der Waals surface area contributed by atoms with Crippen LogP contribution in [0.5, 0.6) is 0 Å². The van der Waals surface area contributed by atoms with Crippen LogP contribution in [0, 0.1) is 12.7 Å². The Morgan fingerprint density at radius 1 is 1.47 bits per heavy atom. The van der Waals surface area contributed by atoms with E-state index in [1.165, 1.54) is 19.1 Å². The van der Waals surface area contributed by atoms with Crippen LogP contribution >= 0.6 is 0 Å². The van der Waals surface area contributed by atoms with Crippen molar-refractivity contribution in [3.63, 3.8) is 0 Å². The third-order valence-corrected chi connectivity index (χ3v) is 3.87. The van der Waals surface area contributed by atoms with E-state index in [1.54, 1.807) is 0 Å². The van der Waals surface area contributed by atoms with Gasteiger partial charge in [-0.05, 0) is 37.5 Å². The van der Waals surface area contributed by atoms with Gasteiger partial charge >= 0.3 is 0 Å². The Morgan fingerprint density at radius 2 is 2.12 bits per heavy atom. The van der Waals surface area contributed by atoms with Gasteiger partial charge in [0.05, 0.1) is 4.90 Å². The molecule has 1 fully saturated rings. The van der Waals surface area contributed by atoms with Gasteiger partial charge in [0, 0.05) is 18.2 Å². The second-order valence-electron chi connectivity index (χ2n) is 4.40. The van der Waals surface area contributed by atoms with E-state index in [-0.39, 0.29) is 10.5 Å². The summed E-state index contributed by atoms with van der Waals surface area (Å²) in [5.74, 6) is -0.538. The molecule has 1 aromatic rings. The topological polar surface area (TPSA) is 72.2 Å². The van der Waals surface area contributed by atoms with E-state index >= 15 is 0 Å². The maximum atomic E-state index is 13.6. The Labute approximate surface area is 100 Å². The Kier molecular flexibility index (Phi) is 3.20. The molecule has 17 heavy (non-hydrogen) atoms. The molecule has 1 aliphatic carbocycles. The largest absolute Gasteiger partial charge is 0.310 e. The summed E-state index contributed by atoms with van der Waals surface area (Å²) in [7, 11) is -3.87. The zero-order valence-electron chi connectivity index (χ0n) is 9.53. The lowest BCUT2D eigenvalue weighted by atomic mass is 10.1. The molecule has 2 rings (SSSR count). The average Bonchev–Trinajstić information content (AvgIpc) is 3.01. The van der Waals surface area contributed by atoms with Crippen LogP contribution < -0.4 is 10.5 Å². The van der Waals surface area contributed by atoms with Crippen molar-refractivity contribution < 1.29 is 12.8 Å². The molecule has 0 spiro atoms. The zero-order valence-corrected chi connectivity index (χ0v) is 10.3. The van der Waals surface area contributed by atoms with Crippen LogP contribution in [-0.2, 0) is 16.6 Å². The van der Waals surface area contributed by atoms with Crippen molar-refractivity contribution in [3.05, 3.63) is 29.1 Å². The van der Waals surface area contributed by atoms with Crippen LogP contribution in [0.1, 0.15) is 24.0 Å². The third kappa shape index (κ3) is 3.02. The molecule has 1 aliphatic rings. The lowest BCUT2D eigenvalue weighted by Crippen LogP contribution is -2.18.